The van der Waals surface area contributed by atoms with Crippen LogP contribution in [0.4, 0.5) is 14.9 Å². The van der Waals surface area contributed by atoms with E-state index in [4.69, 9.17) is 9.40 Å². The second-order valence-electron chi connectivity index (χ2n) is 8.02. The predicted molar refractivity (Wildman–Crippen MR) is 129 cm³/mol. The zero-order valence-electron chi connectivity index (χ0n) is 19.2. The molecule has 2 amide bonds. The Morgan fingerprint density at radius 3 is 2.68 bits per heavy atom. The van der Waals surface area contributed by atoms with Crippen LogP contribution in [0.15, 0.2) is 76.1 Å². The fourth-order valence-electron chi connectivity index (χ4n) is 4.08. The molecule has 1 N–H and O–H groups in total. The molecule has 0 aliphatic rings. The van der Waals surface area contributed by atoms with E-state index in [2.05, 4.69) is 5.32 Å². The van der Waals surface area contributed by atoms with Gasteiger partial charge >= 0.3 is 6.03 Å². The van der Waals surface area contributed by atoms with Crippen molar-refractivity contribution >= 4 is 22.6 Å². The first-order valence-electron chi connectivity index (χ1n) is 11.4. The Bertz CT molecular complexity index is 1330. The summed E-state index contributed by atoms with van der Waals surface area (Å²) in [5.74, 6) is 0.641. The third kappa shape index (κ3) is 4.85. The van der Waals surface area contributed by atoms with Gasteiger partial charge in [-0.25, -0.2) is 14.2 Å². The number of para-hydroxylation sites is 1. The first kappa shape index (κ1) is 23.2. The van der Waals surface area contributed by atoms with Gasteiger partial charge in [-0.05, 0) is 55.3 Å². The fourth-order valence-corrected chi connectivity index (χ4v) is 4.08. The molecule has 0 spiro atoms. The van der Waals surface area contributed by atoms with Crippen molar-refractivity contribution in [1.82, 2.24) is 14.5 Å². The highest BCUT2D eigenvalue weighted by atomic mass is 19.1. The molecule has 1 unspecified atom stereocenters. The first-order valence-corrected chi connectivity index (χ1v) is 11.4. The van der Waals surface area contributed by atoms with Crippen molar-refractivity contribution in [3.8, 4) is 0 Å². The number of anilines is 1. The Morgan fingerprint density at radius 2 is 1.97 bits per heavy atom. The van der Waals surface area contributed by atoms with Crippen molar-refractivity contribution in [3.63, 3.8) is 0 Å². The van der Waals surface area contributed by atoms with Gasteiger partial charge in [0.25, 0.3) is 5.56 Å². The van der Waals surface area contributed by atoms with E-state index >= 15 is 0 Å². The monoisotopic (exact) mass is 462 g/mol. The van der Waals surface area contributed by atoms with Crippen LogP contribution in [0.3, 0.4) is 0 Å². The minimum Gasteiger partial charge on any atom is -0.467 e. The number of carbonyl (C=O) groups excluding carboxylic acids is 1. The number of hydrogen-bond donors (Lipinski definition) is 1. The number of carbonyl (C=O) groups is 1. The summed E-state index contributed by atoms with van der Waals surface area (Å²) in [6, 6.07) is 15.5. The summed E-state index contributed by atoms with van der Waals surface area (Å²) in [4.78, 5) is 33.2. The van der Waals surface area contributed by atoms with E-state index in [0.29, 0.717) is 41.1 Å². The zero-order valence-corrected chi connectivity index (χ0v) is 19.2. The lowest BCUT2D eigenvalue weighted by Crippen LogP contribution is -2.40. The summed E-state index contributed by atoms with van der Waals surface area (Å²) >= 11 is 0. The van der Waals surface area contributed by atoms with Crippen molar-refractivity contribution in [2.45, 2.75) is 45.8 Å². The first-order chi connectivity index (χ1) is 16.5. The van der Waals surface area contributed by atoms with Crippen molar-refractivity contribution in [3.05, 3.63) is 94.7 Å². The van der Waals surface area contributed by atoms with Crippen LogP contribution in [0.5, 0.6) is 0 Å². The number of hydrogen-bond acceptors (Lipinski definition) is 4. The normalized spacial score (nSPS) is 12.0. The highest BCUT2D eigenvalue weighted by Gasteiger charge is 2.29. The number of amides is 2. The molecular formula is C26H27FN4O3. The molecule has 34 heavy (non-hydrogen) atoms. The molecule has 7 nitrogen and oxygen atoms in total. The predicted octanol–water partition coefficient (Wildman–Crippen LogP) is 5.72. The number of halogens is 1. The lowest BCUT2D eigenvalue weighted by molar-refractivity contribution is 0.169. The highest BCUT2D eigenvalue weighted by molar-refractivity contribution is 5.89. The van der Waals surface area contributed by atoms with Gasteiger partial charge in [-0.1, -0.05) is 32.0 Å². The summed E-state index contributed by atoms with van der Waals surface area (Å²) in [7, 11) is 0. The second-order valence-corrected chi connectivity index (χ2v) is 8.02. The number of rotatable bonds is 8. The maximum absolute atomic E-state index is 13.7. The number of urea groups is 1. The molecule has 2 aromatic carbocycles. The van der Waals surface area contributed by atoms with E-state index in [1.165, 1.54) is 18.2 Å². The molecule has 176 valence electrons. The minimum absolute atomic E-state index is 0.135. The van der Waals surface area contributed by atoms with Crippen LogP contribution >= 0.6 is 0 Å². The number of nitrogens with zero attached hydrogens (tertiary/aromatic N) is 3. The number of aromatic nitrogens is 2. The van der Waals surface area contributed by atoms with E-state index in [9.17, 15) is 14.0 Å². The Morgan fingerprint density at radius 1 is 1.15 bits per heavy atom. The maximum atomic E-state index is 13.7. The summed E-state index contributed by atoms with van der Waals surface area (Å²) in [5.41, 5.74) is 0.780. The van der Waals surface area contributed by atoms with Gasteiger partial charge in [-0.2, -0.15) is 0 Å². The maximum Gasteiger partial charge on any atom is 0.322 e. The third-order valence-corrected chi connectivity index (χ3v) is 5.64. The van der Waals surface area contributed by atoms with E-state index < -0.39 is 17.9 Å². The molecule has 0 aliphatic heterocycles. The lowest BCUT2D eigenvalue weighted by atomic mass is 10.1. The van der Waals surface area contributed by atoms with Gasteiger partial charge in [-0.3, -0.25) is 9.36 Å². The molecule has 4 rings (SSSR count). The number of benzene rings is 2. The van der Waals surface area contributed by atoms with Gasteiger partial charge in [0.2, 0.25) is 0 Å². The summed E-state index contributed by atoms with van der Waals surface area (Å²) < 4.78 is 20.9. The highest BCUT2D eigenvalue weighted by Crippen LogP contribution is 2.27. The van der Waals surface area contributed by atoms with Crippen LogP contribution in [-0.4, -0.2) is 20.5 Å². The van der Waals surface area contributed by atoms with E-state index in [0.717, 1.165) is 6.42 Å². The van der Waals surface area contributed by atoms with Crippen LogP contribution in [0.25, 0.3) is 10.9 Å². The van der Waals surface area contributed by atoms with Crippen LogP contribution in [-0.2, 0) is 13.1 Å². The van der Waals surface area contributed by atoms with E-state index in [-0.39, 0.29) is 12.1 Å². The van der Waals surface area contributed by atoms with E-state index in [1.54, 1.807) is 46.1 Å². The van der Waals surface area contributed by atoms with Gasteiger partial charge in [0.15, 0.2) is 0 Å². The van der Waals surface area contributed by atoms with Crippen molar-refractivity contribution < 1.29 is 13.6 Å². The Hall–Kier alpha value is -3.94. The quantitative estimate of drug-likeness (QED) is 0.363. The molecule has 0 bridgehead atoms. The van der Waals surface area contributed by atoms with Crippen molar-refractivity contribution in [2.24, 2.45) is 0 Å². The Balaban J connectivity index is 1.80. The molecule has 0 fully saturated rings. The average molecular weight is 463 g/mol. The average Bonchev–Trinajstić information content (AvgIpc) is 3.34. The summed E-state index contributed by atoms with van der Waals surface area (Å²) in [5, 5.41) is 3.31. The summed E-state index contributed by atoms with van der Waals surface area (Å²) in [6.07, 6.45) is 2.78. The van der Waals surface area contributed by atoms with Crippen LogP contribution < -0.4 is 10.9 Å². The SMILES string of the molecule is CCCn1c(C(CC)N(Cc2ccco2)C(=O)Nc2cccc(F)c2)nc2ccccc2c1=O. The molecular weight excluding hydrogens is 435 g/mol. The largest absolute Gasteiger partial charge is 0.467 e. The molecule has 0 saturated heterocycles. The van der Waals surface area contributed by atoms with Gasteiger partial charge in [0.05, 0.1) is 29.8 Å². The molecule has 8 heteroatoms. The van der Waals surface area contributed by atoms with Crippen LogP contribution in [0.2, 0.25) is 0 Å². The molecule has 4 aromatic rings. The number of fused-ring (bicyclic) bond motifs is 1. The standard InChI is InChI=1S/C26H27FN4O3/c1-3-14-30-24(29-22-13-6-5-12-21(22)25(30)32)23(4-2)31(17-20-11-8-15-34-20)26(33)28-19-10-7-9-18(27)16-19/h5-13,15-16,23H,3-4,14,17H2,1-2H3,(H,28,33). The summed E-state index contributed by atoms with van der Waals surface area (Å²) in [6.45, 7) is 4.56. The molecule has 0 saturated carbocycles. The van der Waals surface area contributed by atoms with Gasteiger partial charge in [0, 0.05) is 12.2 Å². The minimum atomic E-state index is -0.525. The molecule has 0 aliphatic carbocycles. The zero-order chi connectivity index (χ0) is 24.1. The molecule has 2 heterocycles. The smallest absolute Gasteiger partial charge is 0.322 e. The second kappa shape index (κ2) is 10.3. The third-order valence-electron chi connectivity index (χ3n) is 5.64. The van der Waals surface area contributed by atoms with Crippen molar-refractivity contribution in [1.29, 1.82) is 0 Å². The molecule has 0 radical (unpaired) electrons. The van der Waals surface area contributed by atoms with E-state index in [1.807, 2.05) is 26.0 Å². The fraction of sp³-hybridized carbons (Fsp3) is 0.269. The number of furan rings is 1. The van der Waals surface area contributed by atoms with Crippen LogP contribution in [0.1, 0.15) is 44.3 Å². The number of nitrogens with one attached hydrogen (secondary N) is 1. The topological polar surface area (TPSA) is 80.4 Å². The van der Waals surface area contributed by atoms with Crippen LogP contribution in [0, 0.1) is 5.82 Å². The molecule has 1 atom stereocenters. The van der Waals surface area contributed by atoms with Gasteiger partial charge in [-0.15, -0.1) is 0 Å². The lowest BCUT2D eigenvalue weighted by Gasteiger charge is -2.32. The molecule has 2 aromatic heterocycles. The van der Waals surface area contributed by atoms with Gasteiger partial charge in [0.1, 0.15) is 17.4 Å². The Kier molecular flexibility index (Phi) is 7.06. The van der Waals surface area contributed by atoms with Crippen molar-refractivity contribution in [2.75, 3.05) is 5.32 Å². The van der Waals surface area contributed by atoms with Gasteiger partial charge < -0.3 is 14.6 Å². The Labute approximate surface area is 196 Å².